The van der Waals surface area contributed by atoms with Crippen LogP contribution in [0.3, 0.4) is 0 Å². The summed E-state index contributed by atoms with van der Waals surface area (Å²) in [7, 11) is 0. The van der Waals surface area contributed by atoms with Crippen molar-refractivity contribution in [3.05, 3.63) is 35.9 Å². The summed E-state index contributed by atoms with van der Waals surface area (Å²) in [5.41, 5.74) is 0.809. The first-order valence-electron chi connectivity index (χ1n) is 9.61. The Bertz CT molecular complexity index is 562. The van der Waals surface area contributed by atoms with Crippen molar-refractivity contribution in [2.45, 2.75) is 32.7 Å². The molecule has 3 N–H and O–H groups in total. The minimum atomic E-state index is -0.637. The van der Waals surface area contributed by atoms with E-state index in [1.807, 2.05) is 44.2 Å². The van der Waals surface area contributed by atoms with Crippen molar-refractivity contribution in [1.29, 1.82) is 0 Å². The van der Waals surface area contributed by atoms with Crippen molar-refractivity contribution in [2.75, 3.05) is 39.3 Å². The van der Waals surface area contributed by atoms with Crippen LogP contribution in [0.5, 0.6) is 0 Å². The molecule has 0 bridgehead atoms. The van der Waals surface area contributed by atoms with Gasteiger partial charge in [0, 0.05) is 39.1 Å². The van der Waals surface area contributed by atoms with E-state index >= 15 is 0 Å². The number of nitrogens with one attached hydrogen (secondary N) is 3. The number of nitrogens with zero attached hydrogens (tertiary/aromatic N) is 1. The molecule has 1 heterocycles. The molecule has 1 aliphatic heterocycles. The Balaban J connectivity index is 0.00000364. The molecular weight excluding hydrogens is 364 g/mol. The average molecular weight is 397 g/mol. The maximum absolute atomic E-state index is 12.7. The van der Waals surface area contributed by atoms with E-state index in [0.29, 0.717) is 13.0 Å². The van der Waals surface area contributed by atoms with Crippen LogP contribution < -0.4 is 16.0 Å². The number of carbonyl (C=O) groups is 2. The van der Waals surface area contributed by atoms with Gasteiger partial charge < -0.3 is 20.9 Å². The zero-order valence-electron chi connectivity index (χ0n) is 16.4. The van der Waals surface area contributed by atoms with Gasteiger partial charge in [-0.2, -0.15) is 0 Å². The fraction of sp³-hybridized carbons (Fsp3) is 0.600. The number of benzene rings is 1. The predicted octanol–water partition coefficient (Wildman–Crippen LogP) is 1.72. The van der Waals surface area contributed by atoms with E-state index < -0.39 is 6.04 Å². The Morgan fingerprint density at radius 3 is 2.44 bits per heavy atom. The third kappa shape index (κ3) is 8.73. The van der Waals surface area contributed by atoms with Gasteiger partial charge >= 0.3 is 0 Å². The second-order valence-corrected chi connectivity index (χ2v) is 7.25. The fourth-order valence-electron chi connectivity index (χ4n) is 3.09. The minimum Gasteiger partial charge on any atom is -0.354 e. The van der Waals surface area contributed by atoms with E-state index in [4.69, 9.17) is 0 Å². The molecule has 0 radical (unpaired) electrons. The Morgan fingerprint density at radius 1 is 1.15 bits per heavy atom. The summed E-state index contributed by atoms with van der Waals surface area (Å²) in [5, 5.41) is 9.20. The van der Waals surface area contributed by atoms with E-state index in [0.717, 1.165) is 44.7 Å². The van der Waals surface area contributed by atoms with Gasteiger partial charge in [0.1, 0.15) is 6.04 Å². The van der Waals surface area contributed by atoms with Crippen LogP contribution in [-0.4, -0.2) is 56.0 Å². The molecule has 1 aliphatic rings. The zero-order valence-corrected chi connectivity index (χ0v) is 17.2. The SMILES string of the molecule is CC(C)CC(=O)NC(C(=O)NCCCN1CCNCC1)c1ccccc1.Cl. The van der Waals surface area contributed by atoms with Gasteiger partial charge in [0.25, 0.3) is 0 Å². The molecule has 2 amide bonds. The number of piperazine rings is 1. The second-order valence-electron chi connectivity index (χ2n) is 7.25. The highest BCUT2D eigenvalue weighted by Crippen LogP contribution is 2.14. The van der Waals surface area contributed by atoms with Crippen LogP contribution in [0.25, 0.3) is 0 Å². The lowest BCUT2D eigenvalue weighted by Gasteiger charge is -2.27. The van der Waals surface area contributed by atoms with Crippen LogP contribution in [0.2, 0.25) is 0 Å². The number of rotatable bonds is 9. The van der Waals surface area contributed by atoms with E-state index in [-0.39, 0.29) is 30.1 Å². The van der Waals surface area contributed by atoms with Gasteiger partial charge in [-0.3, -0.25) is 9.59 Å². The summed E-state index contributed by atoms with van der Waals surface area (Å²) in [6.07, 6.45) is 1.33. The molecule has 1 fully saturated rings. The molecule has 0 spiro atoms. The third-order valence-corrected chi connectivity index (χ3v) is 4.45. The van der Waals surface area contributed by atoms with Crippen molar-refractivity contribution in [3.8, 4) is 0 Å². The number of carbonyl (C=O) groups excluding carboxylic acids is 2. The molecule has 0 saturated carbocycles. The van der Waals surface area contributed by atoms with Gasteiger partial charge in [0.05, 0.1) is 0 Å². The predicted molar refractivity (Wildman–Crippen MR) is 111 cm³/mol. The highest BCUT2D eigenvalue weighted by molar-refractivity contribution is 5.88. The topological polar surface area (TPSA) is 73.5 Å². The van der Waals surface area contributed by atoms with Crippen LogP contribution in [-0.2, 0) is 9.59 Å². The highest BCUT2D eigenvalue weighted by atomic mass is 35.5. The average Bonchev–Trinajstić information content (AvgIpc) is 2.64. The Hall–Kier alpha value is -1.63. The molecular formula is C20H33ClN4O2. The Kier molecular flexibility index (Phi) is 11.0. The Morgan fingerprint density at radius 2 is 1.81 bits per heavy atom. The molecule has 0 aliphatic carbocycles. The molecule has 7 heteroatoms. The first kappa shape index (κ1) is 23.4. The van der Waals surface area contributed by atoms with Gasteiger partial charge in [-0.25, -0.2) is 0 Å². The number of halogens is 1. The summed E-state index contributed by atoms with van der Waals surface area (Å²) in [6.45, 7) is 9.77. The molecule has 1 unspecified atom stereocenters. The number of amides is 2. The third-order valence-electron chi connectivity index (χ3n) is 4.45. The maximum Gasteiger partial charge on any atom is 0.247 e. The molecule has 1 atom stereocenters. The van der Waals surface area contributed by atoms with Gasteiger partial charge in [-0.15, -0.1) is 12.4 Å². The van der Waals surface area contributed by atoms with E-state index in [2.05, 4.69) is 20.9 Å². The van der Waals surface area contributed by atoms with Gasteiger partial charge in [-0.1, -0.05) is 44.2 Å². The lowest BCUT2D eigenvalue weighted by Crippen LogP contribution is -2.45. The lowest BCUT2D eigenvalue weighted by molar-refractivity contribution is -0.129. The van der Waals surface area contributed by atoms with Crippen molar-refractivity contribution < 1.29 is 9.59 Å². The van der Waals surface area contributed by atoms with Crippen LogP contribution in [0.1, 0.15) is 38.3 Å². The van der Waals surface area contributed by atoms with Crippen molar-refractivity contribution in [3.63, 3.8) is 0 Å². The van der Waals surface area contributed by atoms with Gasteiger partial charge in [-0.05, 0) is 24.4 Å². The van der Waals surface area contributed by atoms with Crippen molar-refractivity contribution in [1.82, 2.24) is 20.9 Å². The van der Waals surface area contributed by atoms with Crippen LogP contribution in [0, 0.1) is 5.92 Å². The Labute approximate surface area is 168 Å². The zero-order chi connectivity index (χ0) is 18.8. The summed E-state index contributed by atoms with van der Waals surface area (Å²) in [5.74, 6) is 0.0203. The molecule has 1 aromatic carbocycles. The summed E-state index contributed by atoms with van der Waals surface area (Å²) < 4.78 is 0. The van der Waals surface area contributed by atoms with Crippen LogP contribution in [0.15, 0.2) is 30.3 Å². The molecule has 1 aromatic rings. The molecule has 1 saturated heterocycles. The largest absolute Gasteiger partial charge is 0.354 e. The smallest absolute Gasteiger partial charge is 0.247 e. The van der Waals surface area contributed by atoms with Crippen molar-refractivity contribution >= 4 is 24.2 Å². The van der Waals surface area contributed by atoms with Crippen molar-refractivity contribution in [2.24, 2.45) is 5.92 Å². The first-order chi connectivity index (χ1) is 12.6. The highest BCUT2D eigenvalue weighted by Gasteiger charge is 2.22. The molecule has 2 rings (SSSR count). The maximum atomic E-state index is 12.7. The number of hydrogen-bond donors (Lipinski definition) is 3. The fourth-order valence-corrected chi connectivity index (χ4v) is 3.09. The standard InChI is InChI=1S/C20H32N4O2.ClH/c1-16(2)15-18(25)23-19(17-7-4-3-5-8-17)20(26)22-9-6-12-24-13-10-21-11-14-24;/h3-5,7-8,16,19,21H,6,9-15H2,1-2H3,(H,22,26)(H,23,25);1H. The minimum absolute atomic E-state index is 0. The van der Waals surface area contributed by atoms with Crippen LogP contribution >= 0.6 is 12.4 Å². The van der Waals surface area contributed by atoms with Gasteiger partial charge in [0.2, 0.25) is 11.8 Å². The number of hydrogen-bond acceptors (Lipinski definition) is 4. The lowest BCUT2D eigenvalue weighted by atomic mass is 10.0. The quantitative estimate of drug-likeness (QED) is 0.556. The molecule has 152 valence electrons. The van der Waals surface area contributed by atoms with E-state index in [1.54, 1.807) is 0 Å². The second kappa shape index (κ2) is 12.7. The van der Waals surface area contributed by atoms with Crippen LogP contribution in [0.4, 0.5) is 0 Å². The summed E-state index contributed by atoms with van der Waals surface area (Å²) in [4.78, 5) is 27.2. The molecule has 6 nitrogen and oxygen atoms in total. The van der Waals surface area contributed by atoms with E-state index in [9.17, 15) is 9.59 Å². The summed E-state index contributed by atoms with van der Waals surface area (Å²) in [6, 6.07) is 8.79. The van der Waals surface area contributed by atoms with E-state index in [1.165, 1.54) is 0 Å². The molecule has 0 aromatic heterocycles. The first-order valence-corrected chi connectivity index (χ1v) is 9.61. The van der Waals surface area contributed by atoms with Gasteiger partial charge in [0.15, 0.2) is 0 Å². The molecule has 27 heavy (non-hydrogen) atoms. The summed E-state index contributed by atoms with van der Waals surface area (Å²) >= 11 is 0. The normalized spacial score (nSPS) is 15.7. The monoisotopic (exact) mass is 396 g/mol.